The van der Waals surface area contributed by atoms with Gasteiger partial charge in [-0.3, -0.25) is 4.79 Å². The van der Waals surface area contributed by atoms with Crippen molar-refractivity contribution in [2.75, 3.05) is 0 Å². The van der Waals surface area contributed by atoms with Crippen LogP contribution in [0.2, 0.25) is 0 Å². The number of hydrogen-bond acceptors (Lipinski definition) is 3. The van der Waals surface area contributed by atoms with Gasteiger partial charge in [-0.1, -0.05) is 6.08 Å². The third-order valence-corrected chi connectivity index (χ3v) is 2.68. The Bertz CT molecular complexity index is 583. The van der Waals surface area contributed by atoms with Crippen molar-refractivity contribution < 1.29 is 9.21 Å². The third kappa shape index (κ3) is 1.18. The number of rotatable bonds is 1. The van der Waals surface area contributed by atoms with E-state index in [1.165, 1.54) is 0 Å². The van der Waals surface area contributed by atoms with Crippen LogP contribution in [0.15, 0.2) is 64.2 Å². The van der Waals surface area contributed by atoms with E-state index in [0.717, 1.165) is 16.7 Å². The smallest absolute Gasteiger partial charge is 0.187 e. The van der Waals surface area contributed by atoms with Crippen molar-refractivity contribution in [1.29, 1.82) is 0 Å². The molecular formula is C13H9NO2. The van der Waals surface area contributed by atoms with Gasteiger partial charge >= 0.3 is 0 Å². The van der Waals surface area contributed by atoms with Crippen LogP contribution in [0.1, 0.15) is 5.56 Å². The van der Waals surface area contributed by atoms with E-state index >= 15 is 0 Å². The average Bonchev–Trinajstić information content (AvgIpc) is 2.85. The van der Waals surface area contributed by atoms with Crippen LogP contribution in [0, 0.1) is 0 Å². The molecule has 3 rings (SSSR count). The molecule has 0 aliphatic heterocycles. The predicted molar refractivity (Wildman–Crippen MR) is 60.1 cm³/mol. The van der Waals surface area contributed by atoms with Gasteiger partial charge < -0.3 is 10.2 Å². The van der Waals surface area contributed by atoms with Gasteiger partial charge in [0.15, 0.2) is 5.78 Å². The van der Waals surface area contributed by atoms with Gasteiger partial charge in [-0.15, -0.1) is 0 Å². The first-order valence-corrected chi connectivity index (χ1v) is 4.94. The summed E-state index contributed by atoms with van der Waals surface area (Å²) in [5.74, 6) is -0.0144. The molecule has 2 aliphatic rings. The van der Waals surface area contributed by atoms with Gasteiger partial charge in [0.05, 0.1) is 12.5 Å². The number of carbonyl (C=O) groups excluding carboxylic acids is 1. The quantitative estimate of drug-likeness (QED) is 0.772. The number of hydrogen-bond donors (Lipinski definition) is 1. The second-order valence-electron chi connectivity index (χ2n) is 3.74. The highest BCUT2D eigenvalue weighted by molar-refractivity contribution is 6.29. The Morgan fingerprint density at radius 2 is 2.06 bits per heavy atom. The molecule has 0 atom stereocenters. The highest BCUT2D eigenvalue weighted by Crippen LogP contribution is 2.34. The fraction of sp³-hybridized carbons (Fsp3) is 0. The Balaban J connectivity index is 2.25. The summed E-state index contributed by atoms with van der Waals surface area (Å²) >= 11 is 0. The summed E-state index contributed by atoms with van der Waals surface area (Å²) in [7, 11) is 0. The van der Waals surface area contributed by atoms with Crippen LogP contribution in [0.25, 0.3) is 5.57 Å². The molecule has 1 aromatic rings. The Hall–Kier alpha value is -2.29. The number of carbonyl (C=O) groups is 1. The molecule has 0 saturated carbocycles. The first-order chi connectivity index (χ1) is 7.75. The van der Waals surface area contributed by atoms with Gasteiger partial charge in [0.2, 0.25) is 0 Å². The number of furan rings is 1. The molecule has 1 aromatic heterocycles. The van der Waals surface area contributed by atoms with Crippen LogP contribution in [0.4, 0.5) is 0 Å². The molecular weight excluding hydrogens is 202 g/mol. The second-order valence-corrected chi connectivity index (χ2v) is 3.74. The lowest BCUT2D eigenvalue weighted by molar-refractivity contribution is -0.109. The molecule has 3 heteroatoms. The number of ketones is 1. The van der Waals surface area contributed by atoms with Crippen molar-refractivity contribution in [1.82, 2.24) is 0 Å². The van der Waals surface area contributed by atoms with E-state index in [2.05, 4.69) is 0 Å². The van der Waals surface area contributed by atoms with Crippen molar-refractivity contribution in [2.24, 2.45) is 5.73 Å². The summed E-state index contributed by atoms with van der Waals surface area (Å²) < 4.78 is 5.01. The molecule has 0 spiro atoms. The van der Waals surface area contributed by atoms with Gasteiger partial charge in [-0.25, -0.2) is 0 Å². The lowest BCUT2D eigenvalue weighted by atomic mass is 9.90. The maximum atomic E-state index is 11.9. The molecule has 0 saturated heterocycles. The van der Waals surface area contributed by atoms with Crippen molar-refractivity contribution in [3.8, 4) is 0 Å². The largest absolute Gasteiger partial charge is 0.472 e. The second kappa shape index (κ2) is 3.10. The summed E-state index contributed by atoms with van der Waals surface area (Å²) in [6.07, 6.45) is 10.2. The minimum Gasteiger partial charge on any atom is -0.472 e. The van der Waals surface area contributed by atoms with E-state index in [4.69, 9.17) is 10.2 Å². The van der Waals surface area contributed by atoms with E-state index in [1.807, 2.05) is 12.2 Å². The third-order valence-electron chi connectivity index (χ3n) is 2.68. The molecule has 1 heterocycles. The minimum absolute atomic E-state index is 0.0144. The SMILES string of the molecule is NC1=CC2=C(c3ccoc3)C(=O)C=CC2=C1. The van der Waals surface area contributed by atoms with E-state index < -0.39 is 0 Å². The first kappa shape index (κ1) is 8.97. The zero-order chi connectivity index (χ0) is 11.1. The van der Waals surface area contributed by atoms with Gasteiger partial charge in [0.1, 0.15) is 0 Å². The Kier molecular flexibility index (Phi) is 1.74. The molecule has 16 heavy (non-hydrogen) atoms. The van der Waals surface area contributed by atoms with Crippen LogP contribution in [-0.4, -0.2) is 5.78 Å². The average molecular weight is 211 g/mol. The lowest BCUT2D eigenvalue weighted by Gasteiger charge is -2.11. The maximum absolute atomic E-state index is 11.9. The lowest BCUT2D eigenvalue weighted by Crippen LogP contribution is -2.05. The first-order valence-electron chi connectivity index (χ1n) is 4.94. The van der Waals surface area contributed by atoms with Crippen LogP contribution < -0.4 is 5.73 Å². The molecule has 3 nitrogen and oxygen atoms in total. The van der Waals surface area contributed by atoms with Gasteiger partial charge in [0.25, 0.3) is 0 Å². The normalized spacial score (nSPS) is 18.6. The van der Waals surface area contributed by atoms with Crippen LogP contribution in [-0.2, 0) is 4.79 Å². The molecule has 0 bridgehead atoms. The fourth-order valence-electron chi connectivity index (χ4n) is 1.99. The van der Waals surface area contributed by atoms with Crippen LogP contribution >= 0.6 is 0 Å². The number of fused-ring (bicyclic) bond motifs is 1. The molecule has 0 amide bonds. The molecule has 0 fully saturated rings. The number of nitrogens with two attached hydrogens (primary N) is 1. The molecule has 0 unspecified atom stereocenters. The van der Waals surface area contributed by atoms with E-state index in [0.29, 0.717) is 11.3 Å². The Morgan fingerprint density at radius 1 is 1.19 bits per heavy atom. The van der Waals surface area contributed by atoms with E-state index in [9.17, 15) is 4.79 Å². The summed E-state index contributed by atoms with van der Waals surface area (Å²) in [4.78, 5) is 11.9. The standard InChI is InChI=1S/C13H9NO2/c14-10-5-8-1-2-12(15)13(11(8)6-10)9-3-4-16-7-9/h1-7H,14H2. The zero-order valence-corrected chi connectivity index (χ0v) is 8.44. The van der Waals surface area contributed by atoms with Gasteiger partial charge in [-0.2, -0.15) is 0 Å². The molecule has 78 valence electrons. The van der Waals surface area contributed by atoms with Crippen molar-refractivity contribution in [3.63, 3.8) is 0 Å². The summed E-state index contributed by atoms with van der Waals surface area (Å²) in [6.45, 7) is 0. The van der Waals surface area contributed by atoms with E-state index in [-0.39, 0.29) is 5.78 Å². The summed E-state index contributed by atoms with van der Waals surface area (Å²) in [5.41, 5.74) is 9.72. The minimum atomic E-state index is -0.0144. The van der Waals surface area contributed by atoms with Crippen molar-refractivity contribution >= 4 is 11.4 Å². The zero-order valence-electron chi connectivity index (χ0n) is 8.44. The van der Waals surface area contributed by atoms with Crippen LogP contribution in [0.5, 0.6) is 0 Å². The Morgan fingerprint density at radius 3 is 2.81 bits per heavy atom. The fourth-order valence-corrected chi connectivity index (χ4v) is 1.99. The molecule has 0 aromatic carbocycles. The Labute approximate surface area is 92.2 Å². The monoisotopic (exact) mass is 211 g/mol. The van der Waals surface area contributed by atoms with Gasteiger partial charge in [-0.05, 0) is 35.4 Å². The predicted octanol–water partition coefficient (Wildman–Crippen LogP) is 1.95. The number of allylic oxidation sites excluding steroid dienone is 7. The molecule has 2 aliphatic carbocycles. The summed E-state index contributed by atoms with van der Waals surface area (Å²) in [6, 6.07) is 1.78. The highest BCUT2D eigenvalue weighted by Gasteiger charge is 2.23. The molecule has 0 radical (unpaired) electrons. The van der Waals surface area contributed by atoms with E-state index in [1.54, 1.807) is 30.7 Å². The van der Waals surface area contributed by atoms with Crippen molar-refractivity contribution in [2.45, 2.75) is 0 Å². The van der Waals surface area contributed by atoms with Gasteiger partial charge in [0, 0.05) is 16.8 Å². The highest BCUT2D eigenvalue weighted by atomic mass is 16.3. The topological polar surface area (TPSA) is 56.2 Å². The summed E-state index contributed by atoms with van der Waals surface area (Å²) in [5, 5.41) is 0. The van der Waals surface area contributed by atoms with Crippen LogP contribution in [0.3, 0.4) is 0 Å². The molecule has 2 N–H and O–H groups in total. The van der Waals surface area contributed by atoms with Crippen molar-refractivity contribution in [3.05, 3.63) is 65.3 Å². The maximum Gasteiger partial charge on any atom is 0.187 e.